The molecule has 0 unspecified atom stereocenters. The number of hydrogen-bond donors (Lipinski definition) is 2. The Morgan fingerprint density at radius 3 is 2.90 bits per heavy atom. The lowest BCUT2D eigenvalue weighted by Crippen LogP contribution is -2.11. The second-order valence-corrected chi connectivity index (χ2v) is 8.70. The Morgan fingerprint density at radius 2 is 2.15 bits per heavy atom. The highest BCUT2D eigenvalue weighted by Gasteiger charge is 2.22. The van der Waals surface area contributed by atoms with Crippen LogP contribution in [0.25, 0.3) is 0 Å². The lowest BCUT2D eigenvalue weighted by Gasteiger charge is -2.02. The number of fused-ring (bicyclic) bond motifs is 1. The number of nitrogens with one attached hydrogen (secondary N) is 1. The summed E-state index contributed by atoms with van der Waals surface area (Å²) in [4.78, 5) is 6.38. The normalized spacial score (nSPS) is 14.4. The van der Waals surface area contributed by atoms with Crippen LogP contribution in [-0.4, -0.2) is 25.1 Å². The molecule has 0 aromatic carbocycles. The van der Waals surface area contributed by atoms with Gasteiger partial charge in [-0.2, -0.15) is 0 Å². The molecule has 3 rings (SSSR count). The van der Waals surface area contributed by atoms with E-state index in [1.807, 2.05) is 0 Å². The lowest BCUT2D eigenvalue weighted by molar-refractivity contribution is 0.300. The van der Waals surface area contributed by atoms with Crippen molar-refractivity contribution in [3.63, 3.8) is 0 Å². The van der Waals surface area contributed by atoms with E-state index in [9.17, 15) is 8.42 Å². The Morgan fingerprint density at radius 1 is 1.30 bits per heavy atom. The summed E-state index contributed by atoms with van der Waals surface area (Å²) in [6.07, 6.45) is 3.52. The van der Waals surface area contributed by atoms with Gasteiger partial charge in [0.25, 0.3) is 10.0 Å². The maximum atomic E-state index is 12.2. The van der Waals surface area contributed by atoms with Crippen LogP contribution in [0, 0.1) is 0 Å². The topological polar surface area (TPSA) is 79.3 Å². The SMILES string of the molecule is O=S(=O)(Nc1nc2c(s1)CCC2)c1ccc(CCO)s1. The first-order chi connectivity index (χ1) is 9.58. The predicted molar refractivity (Wildman–Crippen MR) is 80.1 cm³/mol. The number of aryl methyl sites for hydroxylation is 2. The minimum atomic E-state index is -3.56. The molecule has 0 fully saturated rings. The number of hydrogen-bond acceptors (Lipinski definition) is 6. The van der Waals surface area contributed by atoms with Crippen LogP contribution in [0.4, 0.5) is 5.13 Å². The third kappa shape index (κ3) is 2.73. The van der Waals surface area contributed by atoms with Crippen LogP contribution in [0.2, 0.25) is 0 Å². The van der Waals surface area contributed by atoms with E-state index in [1.165, 1.54) is 27.6 Å². The van der Waals surface area contributed by atoms with Gasteiger partial charge in [-0.05, 0) is 31.4 Å². The summed E-state index contributed by atoms with van der Waals surface area (Å²) < 4.78 is 27.3. The first-order valence-corrected chi connectivity index (χ1v) is 9.41. The van der Waals surface area contributed by atoms with Crippen molar-refractivity contribution in [3.8, 4) is 0 Å². The summed E-state index contributed by atoms with van der Waals surface area (Å²) in [7, 11) is -3.56. The van der Waals surface area contributed by atoms with Crippen molar-refractivity contribution in [2.45, 2.75) is 29.9 Å². The molecule has 1 aliphatic carbocycles. The summed E-state index contributed by atoms with van der Waals surface area (Å²) in [6, 6.07) is 3.30. The Labute approximate surface area is 125 Å². The van der Waals surface area contributed by atoms with Crippen LogP contribution in [-0.2, 0) is 29.3 Å². The van der Waals surface area contributed by atoms with Gasteiger partial charge in [-0.25, -0.2) is 13.4 Å². The Kier molecular flexibility index (Phi) is 3.80. The van der Waals surface area contributed by atoms with Crippen molar-refractivity contribution >= 4 is 37.8 Å². The summed E-state index contributed by atoms with van der Waals surface area (Å²) in [5.41, 5.74) is 1.03. The van der Waals surface area contributed by atoms with Crippen LogP contribution in [0.15, 0.2) is 16.3 Å². The fourth-order valence-corrected chi connectivity index (χ4v) is 5.78. The quantitative estimate of drug-likeness (QED) is 0.879. The number of thiophene rings is 1. The van der Waals surface area contributed by atoms with Gasteiger partial charge in [0.2, 0.25) is 0 Å². The molecule has 5 nitrogen and oxygen atoms in total. The maximum Gasteiger partial charge on any atom is 0.273 e. The molecule has 0 aliphatic heterocycles. The zero-order valence-corrected chi connectivity index (χ0v) is 13.1. The Bertz CT molecular complexity index is 697. The largest absolute Gasteiger partial charge is 0.396 e. The van der Waals surface area contributed by atoms with E-state index in [1.54, 1.807) is 12.1 Å². The summed E-state index contributed by atoms with van der Waals surface area (Å²) in [5.74, 6) is 0. The highest BCUT2D eigenvalue weighted by atomic mass is 32.2. The molecule has 0 radical (unpaired) electrons. The van der Waals surface area contributed by atoms with Gasteiger partial charge in [-0.1, -0.05) is 0 Å². The van der Waals surface area contributed by atoms with Crippen molar-refractivity contribution in [1.29, 1.82) is 0 Å². The molecule has 2 aromatic heterocycles. The first kappa shape index (κ1) is 14.0. The fraction of sp³-hybridized carbons (Fsp3) is 0.417. The predicted octanol–water partition coefficient (Wildman–Crippen LogP) is 2.03. The van der Waals surface area contributed by atoms with E-state index in [4.69, 9.17) is 5.11 Å². The second-order valence-electron chi connectivity index (χ2n) is 4.54. The van der Waals surface area contributed by atoms with Gasteiger partial charge in [0, 0.05) is 22.8 Å². The molecule has 8 heteroatoms. The number of thiazole rings is 1. The minimum absolute atomic E-state index is 0.0205. The Balaban J connectivity index is 1.80. The molecular weight excluding hydrogens is 316 g/mol. The van der Waals surface area contributed by atoms with E-state index in [0.29, 0.717) is 11.6 Å². The van der Waals surface area contributed by atoms with E-state index in [-0.39, 0.29) is 10.8 Å². The number of aliphatic hydroxyl groups is 1. The number of aromatic nitrogens is 1. The van der Waals surface area contributed by atoms with Crippen molar-refractivity contribution in [2.24, 2.45) is 0 Å². The van der Waals surface area contributed by atoms with Gasteiger partial charge in [0.05, 0.1) is 5.69 Å². The third-order valence-corrected chi connectivity index (χ3v) is 7.26. The van der Waals surface area contributed by atoms with Crippen LogP contribution >= 0.6 is 22.7 Å². The van der Waals surface area contributed by atoms with Gasteiger partial charge in [-0.3, -0.25) is 4.72 Å². The summed E-state index contributed by atoms with van der Waals surface area (Å²) in [6.45, 7) is 0.0205. The minimum Gasteiger partial charge on any atom is -0.396 e. The first-order valence-electron chi connectivity index (χ1n) is 6.29. The highest BCUT2D eigenvalue weighted by molar-refractivity contribution is 7.94. The molecule has 2 N–H and O–H groups in total. The maximum absolute atomic E-state index is 12.2. The van der Waals surface area contributed by atoms with E-state index in [0.717, 1.165) is 29.8 Å². The molecule has 2 heterocycles. The van der Waals surface area contributed by atoms with Crippen LogP contribution in [0.5, 0.6) is 0 Å². The van der Waals surface area contributed by atoms with Gasteiger partial charge in [-0.15, -0.1) is 22.7 Å². The van der Waals surface area contributed by atoms with E-state index < -0.39 is 10.0 Å². The number of rotatable bonds is 5. The molecule has 0 saturated carbocycles. The zero-order chi connectivity index (χ0) is 14.2. The molecule has 0 amide bonds. The summed E-state index contributed by atoms with van der Waals surface area (Å²) >= 11 is 2.60. The van der Waals surface area contributed by atoms with Crippen molar-refractivity contribution in [2.75, 3.05) is 11.3 Å². The molecule has 0 spiro atoms. The highest BCUT2D eigenvalue weighted by Crippen LogP contribution is 2.32. The lowest BCUT2D eigenvalue weighted by atomic mass is 10.4. The van der Waals surface area contributed by atoms with E-state index in [2.05, 4.69) is 9.71 Å². The molecule has 0 atom stereocenters. The smallest absolute Gasteiger partial charge is 0.273 e. The van der Waals surface area contributed by atoms with Crippen molar-refractivity contribution < 1.29 is 13.5 Å². The van der Waals surface area contributed by atoms with Crippen LogP contribution in [0.3, 0.4) is 0 Å². The second kappa shape index (κ2) is 5.44. The number of sulfonamides is 1. The molecule has 108 valence electrons. The zero-order valence-electron chi connectivity index (χ0n) is 10.6. The third-order valence-electron chi connectivity index (χ3n) is 3.08. The number of aliphatic hydroxyl groups excluding tert-OH is 1. The fourth-order valence-electron chi connectivity index (χ4n) is 2.15. The molecule has 2 aromatic rings. The van der Waals surface area contributed by atoms with Gasteiger partial charge < -0.3 is 5.11 Å². The molecule has 0 bridgehead atoms. The van der Waals surface area contributed by atoms with Gasteiger partial charge >= 0.3 is 0 Å². The molecule has 0 saturated heterocycles. The molecule has 1 aliphatic rings. The van der Waals surface area contributed by atoms with E-state index >= 15 is 0 Å². The standard InChI is InChI=1S/C12H14N2O3S3/c15-7-6-8-4-5-11(18-8)20(16,17)14-12-13-9-2-1-3-10(9)19-12/h4-5,15H,1-3,6-7H2,(H,13,14). The van der Waals surface area contributed by atoms with Gasteiger partial charge in [0.1, 0.15) is 4.21 Å². The van der Waals surface area contributed by atoms with Gasteiger partial charge in [0.15, 0.2) is 5.13 Å². The van der Waals surface area contributed by atoms with Crippen LogP contribution in [0.1, 0.15) is 21.9 Å². The number of nitrogens with zero attached hydrogens (tertiary/aromatic N) is 1. The average molecular weight is 330 g/mol. The van der Waals surface area contributed by atoms with Crippen molar-refractivity contribution in [1.82, 2.24) is 4.98 Å². The number of anilines is 1. The van der Waals surface area contributed by atoms with Crippen molar-refractivity contribution in [3.05, 3.63) is 27.6 Å². The average Bonchev–Trinajstić information content (AvgIpc) is 3.03. The summed E-state index contributed by atoms with van der Waals surface area (Å²) in [5, 5.41) is 9.32. The molecule has 20 heavy (non-hydrogen) atoms. The Hall–Kier alpha value is -0.960. The monoisotopic (exact) mass is 330 g/mol. The van der Waals surface area contributed by atoms with Crippen LogP contribution < -0.4 is 4.72 Å². The molecular formula is C12H14N2O3S3.